The minimum absolute atomic E-state index is 0.0217. The van der Waals surface area contributed by atoms with Crippen molar-refractivity contribution in [1.29, 1.82) is 0 Å². The maximum atomic E-state index is 11.4. The number of hydroxylamine groups is 2. The van der Waals surface area contributed by atoms with Gasteiger partial charge in [0.15, 0.2) is 0 Å². The Morgan fingerprint density at radius 2 is 2.00 bits per heavy atom. The first-order valence-electron chi connectivity index (χ1n) is 5.08. The maximum Gasteiger partial charge on any atom is 0.245 e. The Morgan fingerprint density at radius 1 is 1.33 bits per heavy atom. The van der Waals surface area contributed by atoms with Crippen LogP contribution in [0.4, 0.5) is 0 Å². The average molecular weight is 207 g/mol. The van der Waals surface area contributed by atoms with E-state index in [0.29, 0.717) is 6.42 Å². The summed E-state index contributed by atoms with van der Waals surface area (Å²) in [5.74, 6) is 0.0217. The van der Waals surface area contributed by atoms with Gasteiger partial charge < -0.3 is 0 Å². The molecule has 82 valence electrons. The van der Waals surface area contributed by atoms with Crippen molar-refractivity contribution < 1.29 is 9.63 Å². The fraction of sp³-hybridized carbons (Fsp3) is 0.417. The lowest BCUT2D eigenvalue weighted by molar-refractivity contribution is -0.168. The number of aryl methyl sites for hydroxylation is 1. The monoisotopic (exact) mass is 207 g/mol. The average Bonchev–Trinajstić information content (AvgIpc) is 2.29. The van der Waals surface area contributed by atoms with Crippen molar-refractivity contribution in [3.63, 3.8) is 0 Å². The molecule has 0 heterocycles. The van der Waals surface area contributed by atoms with Crippen molar-refractivity contribution in [2.45, 2.75) is 19.3 Å². The van der Waals surface area contributed by atoms with E-state index in [-0.39, 0.29) is 5.91 Å². The van der Waals surface area contributed by atoms with E-state index in [9.17, 15) is 4.79 Å². The second-order valence-electron chi connectivity index (χ2n) is 3.41. The topological polar surface area (TPSA) is 29.5 Å². The Labute approximate surface area is 90.6 Å². The van der Waals surface area contributed by atoms with Gasteiger partial charge in [0.05, 0.1) is 7.11 Å². The Kier molecular flexibility index (Phi) is 4.84. The maximum absolute atomic E-state index is 11.4. The van der Waals surface area contributed by atoms with Gasteiger partial charge >= 0.3 is 0 Å². The molecule has 0 aliphatic carbocycles. The highest BCUT2D eigenvalue weighted by Crippen LogP contribution is 2.05. The molecule has 0 saturated heterocycles. The molecule has 3 nitrogen and oxygen atoms in total. The molecule has 0 atom stereocenters. The van der Waals surface area contributed by atoms with Gasteiger partial charge in [-0.2, -0.15) is 0 Å². The van der Waals surface area contributed by atoms with E-state index in [1.54, 1.807) is 7.05 Å². The molecule has 0 N–H and O–H groups in total. The molecule has 0 spiro atoms. The quantitative estimate of drug-likeness (QED) is 0.691. The fourth-order valence-corrected chi connectivity index (χ4v) is 1.35. The Bertz CT molecular complexity index is 298. The van der Waals surface area contributed by atoms with Gasteiger partial charge in [0.25, 0.3) is 0 Å². The summed E-state index contributed by atoms with van der Waals surface area (Å²) in [6.07, 6.45) is 2.32. The summed E-state index contributed by atoms with van der Waals surface area (Å²) in [5.41, 5.74) is 1.27. The Morgan fingerprint density at radius 3 is 2.60 bits per heavy atom. The van der Waals surface area contributed by atoms with Crippen LogP contribution in [0.1, 0.15) is 18.4 Å². The molecule has 1 aromatic carbocycles. The molecular formula is C12H17NO2. The lowest BCUT2D eigenvalue weighted by Gasteiger charge is -2.13. The minimum Gasteiger partial charge on any atom is -0.275 e. The van der Waals surface area contributed by atoms with Crippen LogP contribution in [0.5, 0.6) is 0 Å². The molecule has 0 aromatic heterocycles. The van der Waals surface area contributed by atoms with Crippen molar-refractivity contribution in [2.24, 2.45) is 0 Å². The molecule has 1 aromatic rings. The first-order chi connectivity index (χ1) is 7.24. The highest BCUT2D eigenvalue weighted by Gasteiger charge is 2.06. The van der Waals surface area contributed by atoms with E-state index in [0.717, 1.165) is 12.8 Å². The number of benzene rings is 1. The number of carbonyl (C=O) groups excluding carboxylic acids is 1. The smallest absolute Gasteiger partial charge is 0.245 e. The lowest BCUT2D eigenvalue weighted by Crippen LogP contribution is -2.25. The number of carbonyl (C=O) groups is 1. The molecule has 15 heavy (non-hydrogen) atoms. The second kappa shape index (κ2) is 6.19. The highest BCUT2D eigenvalue weighted by atomic mass is 16.7. The van der Waals surface area contributed by atoms with E-state index >= 15 is 0 Å². The van der Waals surface area contributed by atoms with Gasteiger partial charge in [-0.1, -0.05) is 30.3 Å². The van der Waals surface area contributed by atoms with Crippen LogP contribution in [0, 0.1) is 0 Å². The second-order valence-corrected chi connectivity index (χ2v) is 3.41. The number of rotatable bonds is 5. The van der Waals surface area contributed by atoms with Crippen LogP contribution < -0.4 is 0 Å². The third-order valence-corrected chi connectivity index (χ3v) is 2.32. The van der Waals surface area contributed by atoms with Crippen LogP contribution in [0.15, 0.2) is 30.3 Å². The van der Waals surface area contributed by atoms with Crippen molar-refractivity contribution >= 4 is 5.91 Å². The standard InChI is InChI=1S/C12H17NO2/c1-13(15-2)12(14)10-6-9-11-7-4-3-5-8-11/h3-5,7-8H,6,9-10H2,1-2H3. The van der Waals surface area contributed by atoms with Gasteiger partial charge in [0.1, 0.15) is 0 Å². The van der Waals surface area contributed by atoms with Crippen LogP contribution >= 0.6 is 0 Å². The first kappa shape index (κ1) is 11.7. The zero-order chi connectivity index (χ0) is 11.1. The molecule has 0 bridgehead atoms. The molecule has 3 heteroatoms. The van der Waals surface area contributed by atoms with Crippen molar-refractivity contribution in [3.8, 4) is 0 Å². The van der Waals surface area contributed by atoms with Gasteiger partial charge in [0.2, 0.25) is 5.91 Å². The van der Waals surface area contributed by atoms with Crippen LogP contribution in [-0.4, -0.2) is 25.1 Å². The molecule has 0 fully saturated rings. The van der Waals surface area contributed by atoms with Crippen LogP contribution in [-0.2, 0) is 16.1 Å². The van der Waals surface area contributed by atoms with Crippen LogP contribution in [0.3, 0.4) is 0 Å². The zero-order valence-electron chi connectivity index (χ0n) is 9.27. The van der Waals surface area contributed by atoms with E-state index in [1.165, 1.54) is 17.7 Å². The predicted molar refractivity (Wildman–Crippen MR) is 59.2 cm³/mol. The number of nitrogens with zero attached hydrogens (tertiary/aromatic N) is 1. The summed E-state index contributed by atoms with van der Waals surface area (Å²) in [4.78, 5) is 16.2. The summed E-state index contributed by atoms with van der Waals surface area (Å²) in [7, 11) is 3.12. The van der Waals surface area contributed by atoms with Gasteiger partial charge in [-0.3, -0.25) is 9.63 Å². The third kappa shape index (κ3) is 4.13. The number of hydrogen-bond donors (Lipinski definition) is 0. The van der Waals surface area contributed by atoms with Crippen molar-refractivity contribution in [1.82, 2.24) is 5.06 Å². The summed E-state index contributed by atoms with van der Waals surface area (Å²) in [6, 6.07) is 10.2. The first-order valence-corrected chi connectivity index (χ1v) is 5.08. The molecule has 1 amide bonds. The predicted octanol–water partition coefficient (Wildman–Crippen LogP) is 2.03. The van der Waals surface area contributed by atoms with Gasteiger partial charge in [-0.15, -0.1) is 0 Å². The Hall–Kier alpha value is -1.35. The third-order valence-electron chi connectivity index (χ3n) is 2.32. The van der Waals surface area contributed by atoms with E-state index in [1.807, 2.05) is 18.2 Å². The molecule has 0 aliphatic rings. The Balaban J connectivity index is 2.25. The van der Waals surface area contributed by atoms with Crippen LogP contribution in [0.2, 0.25) is 0 Å². The molecule has 0 unspecified atom stereocenters. The summed E-state index contributed by atoms with van der Waals surface area (Å²) >= 11 is 0. The lowest BCUT2D eigenvalue weighted by atomic mass is 10.1. The summed E-state index contributed by atoms with van der Waals surface area (Å²) in [6.45, 7) is 0. The van der Waals surface area contributed by atoms with E-state index < -0.39 is 0 Å². The van der Waals surface area contributed by atoms with Gasteiger partial charge in [-0.25, -0.2) is 5.06 Å². The van der Waals surface area contributed by atoms with Gasteiger partial charge in [0, 0.05) is 13.5 Å². The SMILES string of the molecule is CON(C)C(=O)CCCc1ccccc1. The molecule has 0 saturated carbocycles. The summed E-state index contributed by atoms with van der Waals surface area (Å²) in [5, 5.41) is 1.27. The zero-order valence-corrected chi connectivity index (χ0v) is 9.27. The fourth-order valence-electron chi connectivity index (χ4n) is 1.35. The van der Waals surface area contributed by atoms with Crippen molar-refractivity contribution in [2.75, 3.05) is 14.2 Å². The minimum atomic E-state index is 0.0217. The molecule has 0 radical (unpaired) electrons. The summed E-state index contributed by atoms with van der Waals surface area (Å²) < 4.78 is 0. The molecule has 0 aliphatic heterocycles. The van der Waals surface area contributed by atoms with Crippen LogP contribution in [0.25, 0.3) is 0 Å². The van der Waals surface area contributed by atoms with Gasteiger partial charge in [-0.05, 0) is 18.4 Å². The normalized spacial score (nSPS) is 10.0. The van der Waals surface area contributed by atoms with Crippen molar-refractivity contribution in [3.05, 3.63) is 35.9 Å². The molecule has 1 rings (SSSR count). The van der Waals surface area contributed by atoms with E-state index in [4.69, 9.17) is 4.84 Å². The largest absolute Gasteiger partial charge is 0.275 e. The molecular weight excluding hydrogens is 190 g/mol. The number of amides is 1. The highest BCUT2D eigenvalue weighted by molar-refractivity contribution is 5.74. The van der Waals surface area contributed by atoms with E-state index in [2.05, 4.69) is 12.1 Å². The number of hydrogen-bond acceptors (Lipinski definition) is 2.